The summed E-state index contributed by atoms with van der Waals surface area (Å²) in [6.45, 7) is 2.57. The number of ether oxygens (including phenoxy) is 1. The smallest absolute Gasteiger partial charge is 0.174 e. The number of nitrogens with zero attached hydrogens (tertiary/aromatic N) is 2. The van der Waals surface area contributed by atoms with Crippen LogP contribution >= 0.6 is 35.4 Å². The van der Waals surface area contributed by atoms with Gasteiger partial charge in [-0.05, 0) is 85.9 Å². The Bertz CT molecular complexity index is 1310. The zero-order valence-corrected chi connectivity index (χ0v) is 20.6. The zero-order chi connectivity index (χ0) is 23.7. The van der Waals surface area contributed by atoms with Gasteiger partial charge in [-0.25, -0.2) is 0 Å². The van der Waals surface area contributed by atoms with Crippen molar-refractivity contribution in [2.45, 2.75) is 19.0 Å². The van der Waals surface area contributed by atoms with Gasteiger partial charge in [0.2, 0.25) is 0 Å². The first-order valence-electron chi connectivity index (χ1n) is 10.8. The van der Waals surface area contributed by atoms with Crippen LogP contribution in [0.1, 0.15) is 30.5 Å². The van der Waals surface area contributed by atoms with Crippen LogP contribution in [0, 0.1) is 0 Å². The van der Waals surface area contributed by atoms with Gasteiger partial charge < -0.3 is 19.4 Å². The molecule has 8 heteroatoms. The molecule has 0 amide bonds. The first-order valence-corrected chi connectivity index (χ1v) is 12.0. The van der Waals surface area contributed by atoms with Crippen molar-refractivity contribution in [3.63, 3.8) is 0 Å². The van der Waals surface area contributed by atoms with Crippen LogP contribution in [-0.4, -0.2) is 16.7 Å². The number of rotatable bonds is 6. The Morgan fingerprint density at radius 2 is 1.85 bits per heavy atom. The number of aromatic nitrogens is 1. The molecule has 0 bridgehead atoms. The van der Waals surface area contributed by atoms with Crippen molar-refractivity contribution in [2.24, 2.45) is 0 Å². The van der Waals surface area contributed by atoms with E-state index in [1.807, 2.05) is 67.6 Å². The van der Waals surface area contributed by atoms with E-state index in [-0.39, 0.29) is 12.1 Å². The van der Waals surface area contributed by atoms with E-state index < -0.39 is 0 Å². The molecular formula is C26H21Cl2N3O2S. The van der Waals surface area contributed by atoms with Crippen LogP contribution in [-0.2, 0) is 0 Å². The second-order valence-electron chi connectivity index (χ2n) is 7.75. The van der Waals surface area contributed by atoms with Crippen LogP contribution in [0.2, 0.25) is 10.0 Å². The molecule has 0 radical (unpaired) electrons. The van der Waals surface area contributed by atoms with Gasteiger partial charge in [0.25, 0.3) is 0 Å². The molecule has 1 saturated heterocycles. The topological polar surface area (TPSA) is 50.5 Å². The number of anilines is 1. The maximum Gasteiger partial charge on any atom is 0.174 e. The monoisotopic (exact) mass is 509 g/mol. The van der Waals surface area contributed by atoms with Crippen LogP contribution in [0.4, 0.5) is 5.69 Å². The quantitative estimate of drug-likeness (QED) is 0.276. The molecule has 1 aliphatic rings. The highest BCUT2D eigenvalue weighted by Gasteiger charge is 2.42. The molecule has 5 rings (SSSR count). The molecule has 3 heterocycles. The number of pyridine rings is 1. The van der Waals surface area contributed by atoms with E-state index in [9.17, 15) is 0 Å². The van der Waals surface area contributed by atoms with E-state index in [1.54, 1.807) is 18.3 Å². The Labute approximate surface area is 213 Å². The summed E-state index contributed by atoms with van der Waals surface area (Å²) in [7, 11) is 0. The summed E-state index contributed by atoms with van der Waals surface area (Å²) in [6, 6.07) is 22.6. The average Bonchev–Trinajstić information content (AvgIpc) is 3.47. The Balaban J connectivity index is 1.56. The molecule has 2 aromatic heterocycles. The standard InChI is InChI=1S/C26H21Cl2N3O2S/c1-2-32-18-9-7-17(8-10-18)31-25(24(30-26(31)34)21-5-3-4-14-29-21)23-13-12-22(33-23)16-6-11-19(27)20(28)15-16/h3-15,24-25H,2H2,1H3,(H,30,34)/t24-,25-/m1/s1. The van der Waals surface area contributed by atoms with Crippen molar-refractivity contribution >= 4 is 46.2 Å². The first kappa shape index (κ1) is 22.7. The average molecular weight is 510 g/mol. The first-order chi connectivity index (χ1) is 16.5. The third-order valence-electron chi connectivity index (χ3n) is 5.65. The SMILES string of the molecule is CCOc1ccc(N2C(=S)N[C@H](c3ccccn3)[C@H]2c2ccc(-c3ccc(Cl)c(Cl)c3)o2)cc1. The van der Waals surface area contributed by atoms with Gasteiger partial charge in [-0.1, -0.05) is 29.3 Å². The number of halogens is 2. The van der Waals surface area contributed by atoms with Crippen LogP contribution in [0.25, 0.3) is 11.3 Å². The molecule has 2 atom stereocenters. The Morgan fingerprint density at radius 3 is 2.56 bits per heavy atom. The minimum Gasteiger partial charge on any atom is -0.494 e. The van der Waals surface area contributed by atoms with Gasteiger partial charge in [-0.3, -0.25) is 4.98 Å². The molecule has 0 spiro atoms. The largest absolute Gasteiger partial charge is 0.494 e. The lowest BCUT2D eigenvalue weighted by atomic mass is 10.0. The van der Waals surface area contributed by atoms with Crippen molar-refractivity contribution in [3.8, 4) is 17.1 Å². The summed E-state index contributed by atoms with van der Waals surface area (Å²) in [5, 5.41) is 5.01. The lowest BCUT2D eigenvalue weighted by molar-refractivity contribution is 0.340. The van der Waals surface area contributed by atoms with Crippen LogP contribution in [0.5, 0.6) is 5.75 Å². The molecule has 1 fully saturated rings. The van der Waals surface area contributed by atoms with Gasteiger partial charge in [0.1, 0.15) is 23.3 Å². The summed E-state index contributed by atoms with van der Waals surface area (Å²) in [5.74, 6) is 2.25. The molecule has 34 heavy (non-hydrogen) atoms. The molecule has 5 nitrogen and oxygen atoms in total. The molecule has 1 N–H and O–H groups in total. The molecule has 0 unspecified atom stereocenters. The molecule has 0 saturated carbocycles. The highest BCUT2D eigenvalue weighted by atomic mass is 35.5. The summed E-state index contributed by atoms with van der Waals surface area (Å²) in [5.41, 5.74) is 2.64. The van der Waals surface area contributed by atoms with Crippen LogP contribution in [0.3, 0.4) is 0 Å². The zero-order valence-electron chi connectivity index (χ0n) is 18.2. The molecule has 0 aliphatic carbocycles. The van der Waals surface area contributed by atoms with Gasteiger partial charge >= 0.3 is 0 Å². The number of nitrogens with one attached hydrogen (secondary N) is 1. The highest BCUT2D eigenvalue weighted by Crippen LogP contribution is 2.43. The second kappa shape index (κ2) is 9.66. The number of hydrogen-bond acceptors (Lipinski definition) is 4. The molecular weight excluding hydrogens is 489 g/mol. The number of hydrogen-bond donors (Lipinski definition) is 1. The fraction of sp³-hybridized carbons (Fsp3) is 0.154. The predicted octanol–water partition coefficient (Wildman–Crippen LogP) is 7.22. The maximum absolute atomic E-state index is 6.37. The van der Waals surface area contributed by atoms with E-state index in [0.717, 1.165) is 28.5 Å². The fourth-order valence-electron chi connectivity index (χ4n) is 4.11. The Morgan fingerprint density at radius 1 is 1.03 bits per heavy atom. The summed E-state index contributed by atoms with van der Waals surface area (Å²) >= 11 is 18.1. The maximum atomic E-state index is 6.37. The van der Waals surface area contributed by atoms with Crippen LogP contribution < -0.4 is 15.0 Å². The van der Waals surface area contributed by atoms with E-state index in [2.05, 4.69) is 15.2 Å². The molecule has 4 aromatic rings. The van der Waals surface area contributed by atoms with Crippen molar-refractivity contribution in [1.29, 1.82) is 0 Å². The van der Waals surface area contributed by atoms with E-state index >= 15 is 0 Å². The van der Waals surface area contributed by atoms with E-state index in [4.69, 9.17) is 44.6 Å². The molecule has 2 aromatic carbocycles. The third kappa shape index (κ3) is 4.37. The van der Waals surface area contributed by atoms with Gasteiger partial charge in [-0.15, -0.1) is 0 Å². The van der Waals surface area contributed by atoms with E-state index in [0.29, 0.717) is 27.5 Å². The van der Waals surface area contributed by atoms with Gasteiger partial charge in [0.15, 0.2) is 5.11 Å². The summed E-state index contributed by atoms with van der Waals surface area (Å²) in [6.07, 6.45) is 1.78. The number of furan rings is 1. The van der Waals surface area contributed by atoms with Crippen molar-refractivity contribution in [3.05, 3.63) is 100 Å². The minimum atomic E-state index is -0.253. The summed E-state index contributed by atoms with van der Waals surface area (Å²) < 4.78 is 12.0. The second-order valence-corrected chi connectivity index (χ2v) is 8.96. The number of thiocarbonyl (C=S) groups is 1. The number of benzene rings is 2. The van der Waals surface area contributed by atoms with E-state index in [1.165, 1.54) is 0 Å². The van der Waals surface area contributed by atoms with Gasteiger partial charge in [0, 0.05) is 17.4 Å². The highest BCUT2D eigenvalue weighted by molar-refractivity contribution is 7.80. The lowest BCUT2D eigenvalue weighted by Gasteiger charge is -2.26. The normalized spacial score (nSPS) is 17.6. The minimum absolute atomic E-state index is 0.201. The van der Waals surface area contributed by atoms with Crippen LogP contribution in [0.15, 0.2) is 83.4 Å². The Kier molecular flexibility index (Phi) is 6.46. The summed E-state index contributed by atoms with van der Waals surface area (Å²) in [4.78, 5) is 6.64. The van der Waals surface area contributed by atoms with Gasteiger partial charge in [0.05, 0.1) is 28.4 Å². The van der Waals surface area contributed by atoms with Gasteiger partial charge in [-0.2, -0.15) is 0 Å². The molecule has 172 valence electrons. The van der Waals surface area contributed by atoms with Crippen molar-refractivity contribution in [1.82, 2.24) is 10.3 Å². The Hall–Kier alpha value is -3.06. The lowest BCUT2D eigenvalue weighted by Crippen LogP contribution is -2.29. The predicted molar refractivity (Wildman–Crippen MR) is 140 cm³/mol. The van der Waals surface area contributed by atoms with Crippen molar-refractivity contribution in [2.75, 3.05) is 11.5 Å². The van der Waals surface area contributed by atoms with Crippen molar-refractivity contribution < 1.29 is 9.15 Å². The third-order valence-corrected chi connectivity index (χ3v) is 6.70. The fourth-order valence-corrected chi connectivity index (χ4v) is 4.75. The molecule has 1 aliphatic heterocycles.